The first-order chi connectivity index (χ1) is 14.2. The van der Waals surface area contributed by atoms with Gasteiger partial charge in [0.05, 0.1) is 13.0 Å². The third-order valence-electron chi connectivity index (χ3n) is 5.38. The molecule has 1 spiro atoms. The second kappa shape index (κ2) is 8.16. The zero-order valence-corrected chi connectivity index (χ0v) is 18.4. The van der Waals surface area contributed by atoms with E-state index in [9.17, 15) is 26.4 Å². The van der Waals surface area contributed by atoms with E-state index in [2.05, 4.69) is 9.08 Å². The molecule has 31 heavy (non-hydrogen) atoms. The predicted molar refractivity (Wildman–Crippen MR) is 105 cm³/mol. The molecule has 0 atom stereocenters. The van der Waals surface area contributed by atoms with Gasteiger partial charge in [0.1, 0.15) is 17.1 Å². The molecule has 0 unspecified atom stereocenters. The average molecular weight is 465 g/mol. The fourth-order valence-electron chi connectivity index (χ4n) is 3.84. The number of rotatable bonds is 5. The highest BCUT2D eigenvalue weighted by atomic mass is 32.2. The Morgan fingerprint density at radius 1 is 1.19 bits per heavy atom. The lowest BCUT2D eigenvalue weighted by atomic mass is 9.74. The highest BCUT2D eigenvalue weighted by Crippen LogP contribution is 2.47. The van der Waals surface area contributed by atoms with Crippen LogP contribution < -0.4 is 8.92 Å². The van der Waals surface area contributed by atoms with E-state index >= 15 is 0 Å². The Labute approximate surface area is 179 Å². The molecule has 1 aromatic carbocycles. The molecule has 0 N–H and O–H groups in total. The highest BCUT2D eigenvalue weighted by Gasteiger charge is 2.49. The molecule has 3 rings (SSSR count). The largest absolute Gasteiger partial charge is 0.534 e. The summed E-state index contributed by atoms with van der Waals surface area (Å²) in [6.45, 7) is 7.86. The Morgan fingerprint density at radius 3 is 2.42 bits per heavy atom. The summed E-state index contributed by atoms with van der Waals surface area (Å²) >= 11 is 0. The molecule has 11 heteroatoms. The second-order valence-corrected chi connectivity index (χ2v) is 10.4. The third kappa shape index (κ3) is 5.43. The van der Waals surface area contributed by atoms with Gasteiger partial charge >= 0.3 is 21.6 Å². The van der Waals surface area contributed by atoms with Gasteiger partial charge in [-0.1, -0.05) is 6.07 Å². The first-order valence-electron chi connectivity index (χ1n) is 9.93. The fourth-order valence-corrected chi connectivity index (χ4v) is 4.29. The van der Waals surface area contributed by atoms with E-state index in [1.807, 2.05) is 20.8 Å². The Hall–Kier alpha value is -2.01. The van der Waals surface area contributed by atoms with Gasteiger partial charge in [-0.05, 0) is 52.8 Å². The molecule has 7 nitrogen and oxygen atoms in total. The fraction of sp³-hybridized carbons (Fsp3) is 0.650. The maximum absolute atomic E-state index is 12.5. The van der Waals surface area contributed by atoms with Crippen LogP contribution in [0.5, 0.6) is 11.5 Å². The van der Waals surface area contributed by atoms with Gasteiger partial charge in [0, 0.05) is 23.6 Å². The van der Waals surface area contributed by atoms with Crippen molar-refractivity contribution in [2.24, 2.45) is 0 Å². The molecule has 0 bridgehead atoms. The van der Waals surface area contributed by atoms with Crippen LogP contribution in [-0.4, -0.2) is 56.6 Å². The van der Waals surface area contributed by atoms with E-state index in [-0.39, 0.29) is 11.4 Å². The van der Waals surface area contributed by atoms with Gasteiger partial charge in [-0.3, -0.25) is 4.79 Å². The number of piperidine rings is 1. The number of fused-ring (bicyclic) bond motifs is 2. The number of esters is 1. The smallest absolute Gasteiger partial charge is 0.492 e. The zero-order chi connectivity index (χ0) is 23.1. The lowest BCUT2D eigenvalue weighted by molar-refractivity contribution is -0.155. The summed E-state index contributed by atoms with van der Waals surface area (Å²) in [7, 11) is -5.73. The van der Waals surface area contributed by atoms with Gasteiger partial charge in [-0.2, -0.15) is 21.6 Å². The van der Waals surface area contributed by atoms with Crippen molar-refractivity contribution in [2.45, 2.75) is 56.6 Å². The number of ether oxygens (including phenoxy) is 2. The number of benzene rings is 1. The molecule has 2 heterocycles. The summed E-state index contributed by atoms with van der Waals surface area (Å²) in [6.07, 6.45) is 1.79. The molecule has 1 saturated heterocycles. The third-order valence-corrected chi connectivity index (χ3v) is 6.36. The number of likely N-dealkylation sites (tertiary alicyclic amines) is 1. The van der Waals surface area contributed by atoms with Crippen molar-refractivity contribution in [1.29, 1.82) is 0 Å². The summed E-state index contributed by atoms with van der Waals surface area (Å²) in [5.74, 6) is -0.358. The minimum Gasteiger partial charge on any atom is -0.492 e. The zero-order valence-electron chi connectivity index (χ0n) is 17.6. The standard InChI is InChI=1S/C20H26F3NO6S/c1-18(2,3)29-17(25)6-9-24-10-7-19(8-11-24)13-28-16-12-14(4-5-15(16)19)30-31(26,27)20(21,22)23/h4-5,12H,6-11,13H2,1-3H3. The molecule has 1 aromatic rings. The van der Waals surface area contributed by atoms with Crippen molar-refractivity contribution in [1.82, 2.24) is 4.90 Å². The minimum atomic E-state index is -5.73. The lowest BCUT2D eigenvalue weighted by Gasteiger charge is -2.38. The van der Waals surface area contributed by atoms with E-state index in [4.69, 9.17) is 9.47 Å². The lowest BCUT2D eigenvalue weighted by Crippen LogP contribution is -2.44. The Kier molecular flexibility index (Phi) is 6.22. The van der Waals surface area contributed by atoms with Crippen LogP contribution in [-0.2, 0) is 25.1 Å². The molecule has 2 aliphatic rings. The van der Waals surface area contributed by atoms with Crippen LogP contribution in [0, 0.1) is 0 Å². The first-order valence-corrected chi connectivity index (χ1v) is 11.3. The molecule has 174 valence electrons. The van der Waals surface area contributed by atoms with Crippen molar-refractivity contribution in [3.63, 3.8) is 0 Å². The summed E-state index contributed by atoms with van der Waals surface area (Å²) < 4.78 is 75.2. The second-order valence-electron chi connectivity index (χ2n) is 8.89. The van der Waals surface area contributed by atoms with E-state index < -0.39 is 27.0 Å². The summed E-state index contributed by atoms with van der Waals surface area (Å²) in [6, 6.07) is 3.97. The molecule has 1 fully saturated rings. The van der Waals surface area contributed by atoms with Gasteiger partial charge in [0.25, 0.3) is 0 Å². The average Bonchev–Trinajstić information content (AvgIpc) is 2.96. The van der Waals surface area contributed by atoms with Gasteiger partial charge in [0.15, 0.2) is 0 Å². The minimum absolute atomic E-state index is 0.247. The Balaban J connectivity index is 1.60. The van der Waals surface area contributed by atoms with Crippen LogP contribution in [0.3, 0.4) is 0 Å². The summed E-state index contributed by atoms with van der Waals surface area (Å²) in [5.41, 5.74) is -5.48. The van der Waals surface area contributed by atoms with Crippen LogP contribution in [0.2, 0.25) is 0 Å². The molecule has 2 aliphatic heterocycles. The monoisotopic (exact) mass is 465 g/mol. The molecule has 0 aliphatic carbocycles. The molecule has 0 aromatic heterocycles. The van der Waals surface area contributed by atoms with Gasteiger partial charge in [-0.25, -0.2) is 0 Å². The number of alkyl halides is 3. The van der Waals surface area contributed by atoms with E-state index in [1.165, 1.54) is 12.1 Å². The van der Waals surface area contributed by atoms with Crippen LogP contribution in [0.15, 0.2) is 18.2 Å². The SMILES string of the molecule is CC(C)(C)OC(=O)CCN1CCC2(CC1)COc1cc(OS(=O)(=O)C(F)(F)F)ccc12. The summed E-state index contributed by atoms with van der Waals surface area (Å²) in [4.78, 5) is 14.1. The molecule has 0 saturated carbocycles. The molecular weight excluding hydrogens is 439 g/mol. The normalized spacial score (nSPS) is 19.0. The van der Waals surface area contributed by atoms with Crippen molar-refractivity contribution >= 4 is 16.1 Å². The van der Waals surface area contributed by atoms with Crippen LogP contribution in [0.1, 0.15) is 45.6 Å². The maximum atomic E-state index is 12.5. The van der Waals surface area contributed by atoms with Crippen molar-refractivity contribution in [3.05, 3.63) is 23.8 Å². The number of nitrogens with zero attached hydrogens (tertiary/aromatic N) is 1. The van der Waals surface area contributed by atoms with Crippen molar-refractivity contribution < 1.29 is 40.0 Å². The van der Waals surface area contributed by atoms with Crippen molar-refractivity contribution in [3.8, 4) is 11.5 Å². The van der Waals surface area contributed by atoms with Gasteiger partial charge in [0.2, 0.25) is 0 Å². The van der Waals surface area contributed by atoms with Crippen LogP contribution in [0.25, 0.3) is 0 Å². The number of carbonyl (C=O) groups is 1. The topological polar surface area (TPSA) is 82.1 Å². The van der Waals surface area contributed by atoms with Gasteiger partial charge in [-0.15, -0.1) is 0 Å². The number of hydrogen-bond acceptors (Lipinski definition) is 7. The molecule has 0 radical (unpaired) electrons. The maximum Gasteiger partial charge on any atom is 0.534 e. The Morgan fingerprint density at radius 2 is 1.84 bits per heavy atom. The van der Waals surface area contributed by atoms with Crippen LogP contribution >= 0.6 is 0 Å². The molecule has 0 amide bonds. The van der Waals surface area contributed by atoms with E-state index in [0.717, 1.165) is 31.5 Å². The van der Waals surface area contributed by atoms with Gasteiger partial charge < -0.3 is 18.6 Å². The van der Waals surface area contributed by atoms with Crippen molar-refractivity contribution in [2.75, 3.05) is 26.2 Å². The predicted octanol–water partition coefficient (Wildman–Crippen LogP) is 3.37. The Bertz CT molecular complexity index is 931. The highest BCUT2D eigenvalue weighted by molar-refractivity contribution is 7.88. The van der Waals surface area contributed by atoms with E-state index in [0.29, 0.717) is 25.3 Å². The number of hydrogen-bond donors (Lipinski definition) is 0. The van der Waals surface area contributed by atoms with Crippen LogP contribution in [0.4, 0.5) is 13.2 Å². The summed E-state index contributed by atoms with van der Waals surface area (Å²) in [5, 5.41) is 0. The number of halogens is 3. The molecular formula is C20H26F3NO6S. The quantitative estimate of drug-likeness (QED) is 0.375. The number of carbonyl (C=O) groups excluding carboxylic acids is 1. The first kappa shape index (κ1) is 23.6. The van der Waals surface area contributed by atoms with E-state index in [1.54, 1.807) is 6.07 Å².